The Morgan fingerprint density at radius 3 is 2.62 bits per heavy atom. The van der Waals surface area contributed by atoms with Crippen LogP contribution in [0.15, 0.2) is 18.2 Å². The molecule has 0 atom stereocenters. The average molecular weight is 356 g/mol. The van der Waals surface area contributed by atoms with Gasteiger partial charge in [0.1, 0.15) is 0 Å². The molecule has 1 aromatic carbocycles. The topological polar surface area (TPSA) is 50.8 Å². The second-order valence-electron chi connectivity index (χ2n) is 7.13. The molecule has 1 aliphatic heterocycles. The van der Waals surface area contributed by atoms with Gasteiger partial charge in [-0.25, -0.2) is 0 Å². The molecule has 5 nitrogen and oxygen atoms in total. The van der Waals surface area contributed by atoms with Crippen molar-refractivity contribution in [3.63, 3.8) is 0 Å². The van der Waals surface area contributed by atoms with Crippen LogP contribution in [-0.4, -0.2) is 43.7 Å². The number of nitrogens with zero attached hydrogens (tertiary/aromatic N) is 1. The van der Waals surface area contributed by atoms with Crippen LogP contribution in [0.5, 0.6) is 11.5 Å². The van der Waals surface area contributed by atoms with E-state index >= 15 is 0 Å². The third-order valence-corrected chi connectivity index (χ3v) is 5.30. The molecule has 1 N–H and O–H groups in total. The number of hydrogen-bond donors (Lipinski definition) is 1. The van der Waals surface area contributed by atoms with E-state index in [0.29, 0.717) is 18.0 Å². The third-order valence-electron chi connectivity index (χ3n) is 5.30. The molecule has 2 aliphatic rings. The molecule has 0 spiro atoms. The molecule has 1 heterocycles. The standard InChI is InChI=1S/C21H28N2O3/c1-3-12-23-13-10-16(11-14-23)21(24)22-17-8-9-19(25-2)20(15-17)26-18-6-4-5-7-18/h1,8-9,15-16,18H,4-7,10-14H2,2H3,(H,22,24). The molecule has 1 aliphatic carbocycles. The van der Waals surface area contributed by atoms with Crippen LogP contribution in [0.1, 0.15) is 38.5 Å². The van der Waals surface area contributed by atoms with Gasteiger partial charge in [0.05, 0.1) is 19.8 Å². The van der Waals surface area contributed by atoms with Crippen molar-refractivity contribution in [2.24, 2.45) is 5.92 Å². The molecule has 1 amide bonds. The van der Waals surface area contributed by atoms with E-state index in [1.165, 1.54) is 12.8 Å². The lowest BCUT2D eigenvalue weighted by molar-refractivity contribution is -0.121. The summed E-state index contributed by atoms with van der Waals surface area (Å²) in [7, 11) is 1.64. The third kappa shape index (κ3) is 4.70. The first kappa shape index (κ1) is 18.6. The highest BCUT2D eigenvalue weighted by Crippen LogP contribution is 2.34. The lowest BCUT2D eigenvalue weighted by Crippen LogP contribution is -2.38. The summed E-state index contributed by atoms with van der Waals surface area (Å²) in [6.45, 7) is 2.41. The summed E-state index contributed by atoms with van der Waals surface area (Å²) in [4.78, 5) is 14.8. The predicted molar refractivity (Wildman–Crippen MR) is 103 cm³/mol. The van der Waals surface area contributed by atoms with Gasteiger partial charge in [0.15, 0.2) is 11.5 Å². The summed E-state index contributed by atoms with van der Waals surface area (Å²) in [5, 5.41) is 3.04. The van der Waals surface area contributed by atoms with Crippen LogP contribution in [0, 0.1) is 18.3 Å². The maximum atomic E-state index is 12.6. The van der Waals surface area contributed by atoms with Crippen LogP contribution in [0.2, 0.25) is 0 Å². The van der Waals surface area contributed by atoms with Crippen LogP contribution < -0.4 is 14.8 Å². The van der Waals surface area contributed by atoms with Crippen molar-refractivity contribution < 1.29 is 14.3 Å². The van der Waals surface area contributed by atoms with Gasteiger partial charge in [0.25, 0.3) is 0 Å². The maximum Gasteiger partial charge on any atom is 0.227 e. The number of terminal acetylenes is 1. The predicted octanol–water partition coefficient (Wildman–Crippen LogP) is 3.30. The van der Waals surface area contributed by atoms with Gasteiger partial charge in [-0.3, -0.25) is 9.69 Å². The molecule has 5 heteroatoms. The molecule has 2 fully saturated rings. The summed E-state index contributed by atoms with van der Waals surface area (Å²) < 4.78 is 11.5. The number of carbonyl (C=O) groups is 1. The highest BCUT2D eigenvalue weighted by Gasteiger charge is 2.25. The summed E-state index contributed by atoms with van der Waals surface area (Å²) >= 11 is 0. The molecule has 0 aromatic heterocycles. The highest BCUT2D eigenvalue weighted by molar-refractivity contribution is 5.93. The summed E-state index contributed by atoms with van der Waals surface area (Å²) in [5.74, 6) is 4.19. The van der Waals surface area contributed by atoms with Gasteiger partial charge in [0, 0.05) is 17.7 Å². The minimum absolute atomic E-state index is 0.0327. The smallest absolute Gasteiger partial charge is 0.227 e. The molecular formula is C21H28N2O3. The average Bonchev–Trinajstić information content (AvgIpc) is 3.16. The molecule has 26 heavy (non-hydrogen) atoms. The number of benzene rings is 1. The van der Waals surface area contributed by atoms with Crippen molar-refractivity contribution in [1.82, 2.24) is 4.90 Å². The lowest BCUT2D eigenvalue weighted by Gasteiger charge is -2.29. The zero-order valence-electron chi connectivity index (χ0n) is 15.5. The number of nitrogens with one attached hydrogen (secondary N) is 1. The fraction of sp³-hybridized carbons (Fsp3) is 0.571. The van der Waals surface area contributed by atoms with Gasteiger partial charge in [-0.15, -0.1) is 6.42 Å². The molecule has 1 aromatic rings. The van der Waals surface area contributed by atoms with E-state index in [1.54, 1.807) is 7.11 Å². The lowest BCUT2D eigenvalue weighted by atomic mass is 9.96. The van der Waals surface area contributed by atoms with Crippen LogP contribution >= 0.6 is 0 Å². The van der Waals surface area contributed by atoms with Gasteiger partial charge in [-0.1, -0.05) is 5.92 Å². The van der Waals surface area contributed by atoms with Crippen LogP contribution in [0.4, 0.5) is 5.69 Å². The molecule has 140 valence electrons. The van der Waals surface area contributed by atoms with E-state index in [1.807, 2.05) is 18.2 Å². The van der Waals surface area contributed by atoms with E-state index in [2.05, 4.69) is 16.1 Å². The molecule has 1 saturated carbocycles. The van der Waals surface area contributed by atoms with Gasteiger partial charge in [0.2, 0.25) is 5.91 Å². The van der Waals surface area contributed by atoms with E-state index in [4.69, 9.17) is 15.9 Å². The summed E-state index contributed by atoms with van der Waals surface area (Å²) in [6, 6.07) is 5.60. The number of methoxy groups -OCH3 is 1. The van der Waals surface area contributed by atoms with Gasteiger partial charge >= 0.3 is 0 Å². The quantitative estimate of drug-likeness (QED) is 0.795. The number of piperidine rings is 1. The van der Waals surface area contributed by atoms with Crippen LogP contribution in [0.25, 0.3) is 0 Å². The Morgan fingerprint density at radius 1 is 1.23 bits per heavy atom. The van der Waals surface area contributed by atoms with Crippen molar-refractivity contribution in [2.75, 3.05) is 32.1 Å². The normalized spacial score (nSPS) is 19.1. The van der Waals surface area contributed by atoms with Crippen molar-refractivity contribution in [3.05, 3.63) is 18.2 Å². The number of likely N-dealkylation sites (tertiary alicyclic amines) is 1. The fourth-order valence-corrected chi connectivity index (χ4v) is 3.76. The van der Waals surface area contributed by atoms with E-state index < -0.39 is 0 Å². The number of carbonyl (C=O) groups excluding carboxylic acids is 1. The Hall–Kier alpha value is -2.19. The number of anilines is 1. The second kappa shape index (κ2) is 8.95. The molecule has 3 rings (SSSR count). The van der Waals surface area contributed by atoms with Crippen molar-refractivity contribution in [1.29, 1.82) is 0 Å². The zero-order chi connectivity index (χ0) is 18.4. The van der Waals surface area contributed by atoms with Gasteiger partial charge < -0.3 is 14.8 Å². The molecule has 0 radical (unpaired) electrons. The van der Waals surface area contributed by atoms with E-state index in [0.717, 1.165) is 44.5 Å². The minimum atomic E-state index is 0.0327. The van der Waals surface area contributed by atoms with Crippen LogP contribution in [-0.2, 0) is 4.79 Å². The summed E-state index contributed by atoms with van der Waals surface area (Å²) in [6.07, 6.45) is 11.9. The SMILES string of the molecule is C#CCN1CCC(C(=O)Nc2ccc(OC)c(OC3CCCC3)c2)CC1. The first-order valence-corrected chi connectivity index (χ1v) is 9.51. The molecule has 0 bridgehead atoms. The monoisotopic (exact) mass is 356 g/mol. The first-order chi connectivity index (χ1) is 12.7. The van der Waals surface area contributed by atoms with Crippen LogP contribution in [0.3, 0.4) is 0 Å². The fourth-order valence-electron chi connectivity index (χ4n) is 3.76. The number of hydrogen-bond acceptors (Lipinski definition) is 4. The van der Waals surface area contributed by atoms with Crippen molar-refractivity contribution >= 4 is 11.6 Å². The molecule has 1 saturated heterocycles. The minimum Gasteiger partial charge on any atom is -0.493 e. The Labute approximate surface area is 156 Å². The van der Waals surface area contributed by atoms with E-state index in [-0.39, 0.29) is 17.9 Å². The van der Waals surface area contributed by atoms with Gasteiger partial charge in [-0.2, -0.15) is 0 Å². The molecular weight excluding hydrogens is 328 g/mol. The Bertz CT molecular complexity index is 654. The number of ether oxygens (including phenoxy) is 2. The highest BCUT2D eigenvalue weighted by atomic mass is 16.5. The number of rotatable bonds is 6. The first-order valence-electron chi connectivity index (χ1n) is 9.51. The van der Waals surface area contributed by atoms with Crippen molar-refractivity contribution in [3.8, 4) is 23.8 Å². The molecule has 0 unspecified atom stereocenters. The van der Waals surface area contributed by atoms with Gasteiger partial charge in [-0.05, 0) is 63.7 Å². The largest absolute Gasteiger partial charge is 0.493 e. The summed E-state index contributed by atoms with van der Waals surface area (Å²) in [5.41, 5.74) is 0.759. The van der Waals surface area contributed by atoms with E-state index in [9.17, 15) is 4.79 Å². The second-order valence-corrected chi connectivity index (χ2v) is 7.13. The Balaban J connectivity index is 1.60. The Kier molecular flexibility index (Phi) is 6.40. The zero-order valence-corrected chi connectivity index (χ0v) is 15.5. The number of amides is 1. The Morgan fingerprint density at radius 2 is 1.96 bits per heavy atom. The maximum absolute atomic E-state index is 12.6. The van der Waals surface area contributed by atoms with Crippen molar-refractivity contribution in [2.45, 2.75) is 44.6 Å².